The summed E-state index contributed by atoms with van der Waals surface area (Å²) in [5.41, 5.74) is 1.55. The molecule has 0 fully saturated rings. The van der Waals surface area contributed by atoms with Crippen LogP contribution in [0.3, 0.4) is 0 Å². The summed E-state index contributed by atoms with van der Waals surface area (Å²) in [4.78, 5) is 16.8. The average molecular weight is 400 g/mol. The highest BCUT2D eigenvalue weighted by Crippen LogP contribution is 2.32. The molecule has 25 heavy (non-hydrogen) atoms. The highest BCUT2D eigenvalue weighted by atomic mass is 79.9. The van der Waals surface area contributed by atoms with Gasteiger partial charge in [0.25, 0.3) is 5.56 Å². The maximum atomic E-state index is 12.6. The minimum absolute atomic E-state index is 0.203. The summed E-state index contributed by atoms with van der Waals surface area (Å²) in [5.74, 6) is 1.75. The van der Waals surface area contributed by atoms with E-state index in [0.717, 1.165) is 21.5 Å². The van der Waals surface area contributed by atoms with Gasteiger partial charge in [-0.15, -0.1) is 0 Å². The number of hydrogen-bond acceptors (Lipinski definition) is 5. The van der Waals surface area contributed by atoms with Gasteiger partial charge in [-0.2, -0.15) is 0 Å². The molecule has 0 saturated heterocycles. The highest BCUT2D eigenvalue weighted by molar-refractivity contribution is 9.10. The van der Waals surface area contributed by atoms with Crippen molar-refractivity contribution >= 4 is 21.7 Å². The van der Waals surface area contributed by atoms with E-state index in [2.05, 4.69) is 26.2 Å². The van der Waals surface area contributed by atoms with E-state index in [0.29, 0.717) is 18.1 Å². The Morgan fingerprint density at radius 2 is 1.92 bits per heavy atom. The number of rotatable bonds is 4. The molecule has 1 aliphatic rings. The van der Waals surface area contributed by atoms with Gasteiger partial charge in [0, 0.05) is 29.1 Å². The Kier molecular flexibility index (Phi) is 4.15. The fraction of sp³-hybridized carbons (Fsp3) is 0.111. The van der Waals surface area contributed by atoms with Crippen molar-refractivity contribution in [1.29, 1.82) is 0 Å². The highest BCUT2D eigenvalue weighted by Gasteiger charge is 2.13. The first-order valence-corrected chi connectivity index (χ1v) is 8.46. The van der Waals surface area contributed by atoms with Gasteiger partial charge in [-0.25, -0.2) is 4.98 Å². The van der Waals surface area contributed by atoms with Crippen molar-refractivity contribution in [2.24, 2.45) is 0 Å². The zero-order valence-electron chi connectivity index (χ0n) is 13.1. The van der Waals surface area contributed by atoms with Gasteiger partial charge in [0.1, 0.15) is 0 Å². The van der Waals surface area contributed by atoms with Crippen LogP contribution in [-0.4, -0.2) is 16.3 Å². The van der Waals surface area contributed by atoms with Gasteiger partial charge in [-0.3, -0.25) is 9.36 Å². The molecule has 0 radical (unpaired) electrons. The normalized spacial score (nSPS) is 12.2. The molecule has 4 rings (SSSR count). The lowest BCUT2D eigenvalue weighted by molar-refractivity contribution is 0.174. The summed E-state index contributed by atoms with van der Waals surface area (Å²) < 4.78 is 13.2. The van der Waals surface area contributed by atoms with Crippen molar-refractivity contribution in [3.63, 3.8) is 0 Å². The van der Waals surface area contributed by atoms with E-state index < -0.39 is 0 Å². The second-order valence-electron chi connectivity index (χ2n) is 5.47. The lowest BCUT2D eigenvalue weighted by atomic mass is 10.2. The third-order valence-corrected chi connectivity index (χ3v) is 4.37. The summed E-state index contributed by atoms with van der Waals surface area (Å²) in [6.07, 6.45) is 3.25. The van der Waals surface area contributed by atoms with Gasteiger partial charge in [-0.1, -0.05) is 22.0 Å². The molecule has 2 heterocycles. The Morgan fingerprint density at radius 1 is 1.12 bits per heavy atom. The van der Waals surface area contributed by atoms with Crippen LogP contribution < -0.4 is 20.3 Å². The Balaban J connectivity index is 1.56. The Morgan fingerprint density at radius 3 is 2.76 bits per heavy atom. The smallest absolute Gasteiger partial charge is 0.297 e. The third kappa shape index (κ3) is 3.23. The van der Waals surface area contributed by atoms with Crippen LogP contribution >= 0.6 is 15.9 Å². The molecule has 6 nitrogen and oxygen atoms in total. The Labute approximate surface area is 152 Å². The summed E-state index contributed by atoms with van der Waals surface area (Å²) >= 11 is 3.39. The number of benzene rings is 2. The zero-order chi connectivity index (χ0) is 17.2. The standard InChI is InChI=1S/C18H14BrN3O3/c19-13-2-4-14(5-3-13)22-8-7-20-17(18(22)23)21-10-12-1-6-15-16(9-12)25-11-24-15/h1-9H,10-11H2,(H,20,21). The predicted molar refractivity (Wildman–Crippen MR) is 97.4 cm³/mol. The monoisotopic (exact) mass is 399 g/mol. The molecule has 0 saturated carbocycles. The van der Waals surface area contributed by atoms with Crippen molar-refractivity contribution in [3.8, 4) is 17.2 Å². The van der Waals surface area contributed by atoms with Crippen molar-refractivity contribution in [2.45, 2.75) is 6.54 Å². The lowest BCUT2D eigenvalue weighted by Gasteiger charge is -2.09. The summed E-state index contributed by atoms with van der Waals surface area (Å²) in [5, 5.41) is 3.09. The van der Waals surface area contributed by atoms with Crippen LogP contribution in [-0.2, 0) is 6.54 Å². The Hall–Kier alpha value is -2.80. The fourth-order valence-electron chi connectivity index (χ4n) is 2.57. The number of nitrogens with zero attached hydrogens (tertiary/aromatic N) is 2. The average Bonchev–Trinajstić information content (AvgIpc) is 3.09. The van der Waals surface area contributed by atoms with Crippen LogP contribution in [0.1, 0.15) is 5.56 Å². The van der Waals surface area contributed by atoms with Crippen molar-refractivity contribution in [3.05, 3.63) is 75.2 Å². The van der Waals surface area contributed by atoms with Crippen LogP contribution in [0.25, 0.3) is 5.69 Å². The SMILES string of the molecule is O=c1c(NCc2ccc3c(c2)OCO3)nccn1-c1ccc(Br)cc1. The minimum Gasteiger partial charge on any atom is -0.454 e. The lowest BCUT2D eigenvalue weighted by Crippen LogP contribution is -2.23. The van der Waals surface area contributed by atoms with E-state index in [-0.39, 0.29) is 12.4 Å². The molecule has 0 unspecified atom stereocenters. The van der Waals surface area contributed by atoms with Crippen LogP contribution in [0.5, 0.6) is 11.5 Å². The summed E-state index contributed by atoms with van der Waals surface area (Å²) in [7, 11) is 0. The van der Waals surface area contributed by atoms with Crippen molar-refractivity contribution in [1.82, 2.24) is 9.55 Å². The van der Waals surface area contributed by atoms with Gasteiger partial charge >= 0.3 is 0 Å². The number of halogens is 1. The first-order valence-electron chi connectivity index (χ1n) is 7.67. The summed E-state index contributed by atoms with van der Waals surface area (Å²) in [6.45, 7) is 0.702. The molecular weight excluding hydrogens is 386 g/mol. The van der Waals surface area contributed by atoms with Gasteiger partial charge < -0.3 is 14.8 Å². The largest absolute Gasteiger partial charge is 0.454 e. The summed E-state index contributed by atoms with van der Waals surface area (Å²) in [6, 6.07) is 13.2. The molecule has 3 aromatic rings. The van der Waals surface area contributed by atoms with Gasteiger partial charge in [0.05, 0.1) is 0 Å². The zero-order valence-corrected chi connectivity index (χ0v) is 14.7. The van der Waals surface area contributed by atoms with E-state index in [9.17, 15) is 4.79 Å². The van der Waals surface area contributed by atoms with Gasteiger partial charge in [-0.05, 0) is 42.0 Å². The molecule has 126 valence electrons. The van der Waals surface area contributed by atoms with Crippen molar-refractivity contribution in [2.75, 3.05) is 12.1 Å². The second kappa shape index (κ2) is 6.60. The predicted octanol–water partition coefficient (Wildman–Crippen LogP) is 3.34. The number of ether oxygens (including phenoxy) is 2. The first-order chi connectivity index (χ1) is 12.2. The molecule has 0 amide bonds. The molecule has 0 atom stereocenters. The maximum absolute atomic E-state index is 12.6. The molecule has 2 aromatic carbocycles. The van der Waals surface area contributed by atoms with E-state index in [1.807, 2.05) is 42.5 Å². The molecule has 1 N–H and O–H groups in total. The molecule has 0 bridgehead atoms. The molecule has 7 heteroatoms. The molecule has 1 aromatic heterocycles. The number of anilines is 1. The van der Waals surface area contributed by atoms with E-state index >= 15 is 0 Å². The van der Waals surface area contributed by atoms with Crippen LogP contribution in [0.2, 0.25) is 0 Å². The molecule has 0 aliphatic carbocycles. The molecular formula is C18H14BrN3O3. The number of fused-ring (bicyclic) bond motifs is 1. The van der Waals surface area contributed by atoms with Crippen LogP contribution in [0.15, 0.2) is 64.1 Å². The van der Waals surface area contributed by atoms with Crippen LogP contribution in [0, 0.1) is 0 Å². The topological polar surface area (TPSA) is 65.4 Å². The third-order valence-electron chi connectivity index (χ3n) is 3.84. The quantitative estimate of drug-likeness (QED) is 0.728. The molecule has 0 spiro atoms. The first kappa shape index (κ1) is 15.7. The molecule has 1 aliphatic heterocycles. The van der Waals surface area contributed by atoms with Crippen molar-refractivity contribution < 1.29 is 9.47 Å². The fourth-order valence-corrected chi connectivity index (χ4v) is 2.84. The van der Waals surface area contributed by atoms with Gasteiger partial charge in [0.2, 0.25) is 6.79 Å². The number of aromatic nitrogens is 2. The Bertz CT molecular complexity index is 970. The van der Waals surface area contributed by atoms with E-state index in [1.54, 1.807) is 17.0 Å². The van der Waals surface area contributed by atoms with E-state index in [1.165, 1.54) is 0 Å². The number of nitrogens with one attached hydrogen (secondary N) is 1. The number of hydrogen-bond donors (Lipinski definition) is 1. The van der Waals surface area contributed by atoms with E-state index in [4.69, 9.17) is 9.47 Å². The van der Waals surface area contributed by atoms with Crippen LogP contribution in [0.4, 0.5) is 5.82 Å². The second-order valence-corrected chi connectivity index (χ2v) is 6.38. The minimum atomic E-state index is -0.203. The maximum Gasteiger partial charge on any atom is 0.297 e. The van der Waals surface area contributed by atoms with Gasteiger partial charge in [0.15, 0.2) is 17.3 Å².